The summed E-state index contributed by atoms with van der Waals surface area (Å²) in [5.41, 5.74) is 0.575. The quantitative estimate of drug-likeness (QED) is 0.722. The molecule has 1 unspecified atom stereocenters. The molecular formula is C15H25N3O2. The molecule has 1 aromatic heterocycles. The predicted octanol–water partition coefficient (Wildman–Crippen LogP) is 1.10. The van der Waals surface area contributed by atoms with Crippen LogP contribution in [0.25, 0.3) is 0 Å². The number of ether oxygens (including phenoxy) is 1. The summed E-state index contributed by atoms with van der Waals surface area (Å²) >= 11 is 0. The van der Waals surface area contributed by atoms with E-state index in [1.807, 2.05) is 33.0 Å². The number of aromatic nitrogens is 1. The smallest absolute Gasteiger partial charge is 0.327 e. The second-order valence-corrected chi connectivity index (χ2v) is 5.20. The average molecular weight is 279 g/mol. The standard InChI is InChI=1S/C15H25N3O2/c1-5-17-15(2,14(19)20-4)12-18(3)11-8-13-6-9-16-10-7-13/h6-7,9-10,17H,5,8,11-12H2,1-4H3. The van der Waals surface area contributed by atoms with Gasteiger partial charge in [-0.3, -0.25) is 9.78 Å². The van der Waals surface area contributed by atoms with E-state index in [0.717, 1.165) is 19.5 Å². The zero-order chi connectivity index (χ0) is 15.0. The zero-order valence-corrected chi connectivity index (χ0v) is 12.8. The molecule has 0 radical (unpaired) electrons. The Balaban J connectivity index is 2.54. The number of carbonyl (C=O) groups excluding carboxylic acids is 1. The second-order valence-electron chi connectivity index (χ2n) is 5.20. The van der Waals surface area contributed by atoms with Crippen LogP contribution in [0, 0.1) is 0 Å². The number of methoxy groups -OCH3 is 1. The van der Waals surface area contributed by atoms with Crippen LogP contribution < -0.4 is 5.32 Å². The van der Waals surface area contributed by atoms with Crippen molar-refractivity contribution in [2.45, 2.75) is 25.8 Å². The monoisotopic (exact) mass is 279 g/mol. The fourth-order valence-electron chi connectivity index (χ4n) is 2.30. The van der Waals surface area contributed by atoms with Crippen molar-refractivity contribution in [1.82, 2.24) is 15.2 Å². The van der Waals surface area contributed by atoms with E-state index < -0.39 is 5.54 Å². The van der Waals surface area contributed by atoms with E-state index in [4.69, 9.17) is 4.74 Å². The number of rotatable bonds is 8. The lowest BCUT2D eigenvalue weighted by Crippen LogP contribution is -2.57. The Morgan fingerprint density at radius 1 is 1.45 bits per heavy atom. The maximum atomic E-state index is 11.9. The van der Waals surface area contributed by atoms with Gasteiger partial charge >= 0.3 is 5.97 Å². The van der Waals surface area contributed by atoms with E-state index in [-0.39, 0.29) is 5.97 Å². The van der Waals surface area contributed by atoms with Crippen molar-refractivity contribution in [3.05, 3.63) is 30.1 Å². The molecular weight excluding hydrogens is 254 g/mol. The molecule has 0 spiro atoms. The van der Waals surface area contributed by atoms with E-state index in [2.05, 4.69) is 15.2 Å². The van der Waals surface area contributed by atoms with Crippen LogP contribution in [-0.4, -0.2) is 55.2 Å². The minimum Gasteiger partial charge on any atom is -0.468 e. The van der Waals surface area contributed by atoms with Crippen LogP contribution in [0.4, 0.5) is 0 Å². The third kappa shape index (κ3) is 4.90. The number of nitrogens with one attached hydrogen (secondary N) is 1. The number of nitrogens with zero attached hydrogens (tertiary/aromatic N) is 2. The first-order chi connectivity index (χ1) is 9.51. The van der Waals surface area contributed by atoms with Gasteiger partial charge in [0.05, 0.1) is 7.11 Å². The summed E-state index contributed by atoms with van der Waals surface area (Å²) in [6.45, 7) is 6.08. The summed E-state index contributed by atoms with van der Waals surface area (Å²) < 4.78 is 4.90. The lowest BCUT2D eigenvalue weighted by atomic mass is 10.0. The first-order valence-corrected chi connectivity index (χ1v) is 6.92. The number of likely N-dealkylation sites (N-methyl/N-ethyl adjacent to an activating group) is 2. The number of hydrogen-bond acceptors (Lipinski definition) is 5. The molecule has 20 heavy (non-hydrogen) atoms. The number of esters is 1. The van der Waals surface area contributed by atoms with Crippen molar-refractivity contribution in [3.8, 4) is 0 Å². The molecule has 0 aromatic carbocycles. The van der Waals surface area contributed by atoms with Crippen LogP contribution in [0.2, 0.25) is 0 Å². The Bertz CT molecular complexity index is 411. The van der Waals surface area contributed by atoms with Crippen molar-refractivity contribution < 1.29 is 9.53 Å². The molecule has 1 aromatic rings. The van der Waals surface area contributed by atoms with Crippen molar-refractivity contribution >= 4 is 5.97 Å². The Morgan fingerprint density at radius 3 is 2.65 bits per heavy atom. The summed E-state index contributed by atoms with van der Waals surface area (Å²) in [7, 11) is 3.44. The normalized spacial score (nSPS) is 14.1. The molecule has 0 saturated heterocycles. The van der Waals surface area contributed by atoms with Crippen LogP contribution >= 0.6 is 0 Å². The average Bonchev–Trinajstić information content (AvgIpc) is 2.45. The highest BCUT2D eigenvalue weighted by Crippen LogP contribution is 2.09. The molecule has 5 heteroatoms. The van der Waals surface area contributed by atoms with E-state index >= 15 is 0 Å². The van der Waals surface area contributed by atoms with Gasteiger partial charge in [0.25, 0.3) is 0 Å². The molecule has 1 rings (SSSR count). The van der Waals surface area contributed by atoms with E-state index in [9.17, 15) is 4.79 Å². The largest absolute Gasteiger partial charge is 0.468 e. The topological polar surface area (TPSA) is 54.5 Å². The molecule has 0 saturated carbocycles. The van der Waals surface area contributed by atoms with Gasteiger partial charge in [-0.2, -0.15) is 0 Å². The molecule has 1 N–H and O–H groups in total. The Hall–Kier alpha value is -1.46. The molecule has 5 nitrogen and oxygen atoms in total. The summed E-state index contributed by atoms with van der Waals surface area (Å²) in [5.74, 6) is -0.227. The molecule has 0 aliphatic heterocycles. The van der Waals surface area contributed by atoms with E-state index in [1.165, 1.54) is 12.7 Å². The maximum Gasteiger partial charge on any atom is 0.327 e. The number of hydrogen-bond donors (Lipinski definition) is 1. The highest BCUT2D eigenvalue weighted by Gasteiger charge is 2.34. The molecule has 0 aliphatic rings. The van der Waals surface area contributed by atoms with Gasteiger partial charge in [0.2, 0.25) is 0 Å². The molecule has 0 amide bonds. The Morgan fingerprint density at radius 2 is 2.10 bits per heavy atom. The minimum atomic E-state index is -0.670. The third-order valence-electron chi connectivity index (χ3n) is 3.32. The van der Waals surface area contributed by atoms with Gasteiger partial charge in [0, 0.05) is 25.5 Å². The zero-order valence-electron chi connectivity index (χ0n) is 12.8. The number of carbonyl (C=O) groups is 1. The van der Waals surface area contributed by atoms with Gasteiger partial charge in [0.15, 0.2) is 0 Å². The second kappa shape index (κ2) is 7.97. The number of pyridine rings is 1. The summed E-state index contributed by atoms with van der Waals surface area (Å²) in [6.07, 6.45) is 4.53. The molecule has 112 valence electrons. The first-order valence-electron chi connectivity index (χ1n) is 6.92. The first kappa shape index (κ1) is 16.6. The molecule has 1 heterocycles. The minimum absolute atomic E-state index is 0.227. The van der Waals surface area contributed by atoms with E-state index in [0.29, 0.717) is 6.54 Å². The lowest BCUT2D eigenvalue weighted by molar-refractivity contribution is -0.148. The highest BCUT2D eigenvalue weighted by molar-refractivity contribution is 5.80. The van der Waals surface area contributed by atoms with Crippen LogP contribution in [-0.2, 0) is 16.0 Å². The molecule has 0 bridgehead atoms. The SMILES string of the molecule is CCNC(C)(CN(C)CCc1ccncc1)C(=O)OC. The summed E-state index contributed by atoms with van der Waals surface area (Å²) in [6, 6.07) is 4.02. The molecule has 1 atom stereocenters. The maximum absolute atomic E-state index is 11.9. The van der Waals surface area contributed by atoms with Crippen LogP contribution in [0.1, 0.15) is 19.4 Å². The summed E-state index contributed by atoms with van der Waals surface area (Å²) in [4.78, 5) is 18.1. The van der Waals surface area contributed by atoms with Crippen molar-refractivity contribution in [2.24, 2.45) is 0 Å². The van der Waals surface area contributed by atoms with Crippen molar-refractivity contribution in [1.29, 1.82) is 0 Å². The van der Waals surface area contributed by atoms with Gasteiger partial charge < -0.3 is 15.0 Å². The summed E-state index contributed by atoms with van der Waals surface area (Å²) in [5, 5.41) is 3.21. The van der Waals surface area contributed by atoms with Crippen LogP contribution in [0.3, 0.4) is 0 Å². The molecule has 0 fully saturated rings. The Labute approximate surface area is 121 Å². The van der Waals surface area contributed by atoms with E-state index in [1.54, 1.807) is 12.4 Å². The highest BCUT2D eigenvalue weighted by atomic mass is 16.5. The fraction of sp³-hybridized carbons (Fsp3) is 0.600. The van der Waals surface area contributed by atoms with Crippen LogP contribution in [0.5, 0.6) is 0 Å². The van der Waals surface area contributed by atoms with Crippen LogP contribution in [0.15, 0.2) is 24.5 Å². The predicted molar refractivity (Wildman–Crippen MR) is 79.5 cm³/mol. The molecule has 0 aliphatic carbocycles. The van der Waals surface area contributed by atoms with Gasteiger partial charge in [-0.1, -0.05) is 6.92 Å². The van der Waals surface area contributed by atoms with Gasteiger partial charge in [-0.05, 0) is 44.6 Å². The van der Waals surface area contributed by atoms with Crippen molar-refractivity contribution in [2.75, 3.05) is 33.8 Å². The van der Waals surface area contributed by atoms with Crippen molar-refractivity contribution in [3.63, 3.8) is 0 Å². The fourth-order valence-corrected chi connectivity index (χ4v) is 2.30. The lowest BCUT2D eigenvalue weighted by Gasteiger charge is -2.32. The van der Waals surface area contributed by atoms with Gasteiger partial charge in [-0.15, -0.1) is 0 Å². The van der Waals surface area contributed by atoms with Gasteiger partial charge in [0.1, 0.15) is 5.54 Å². The van der Waals surface area contributed by atoms with Gasteiger partial charge in [-0.25, -0.2) is 0 Å². The Kier molecular flexibility index (Phi) is 6.61. The third-order valence-corrected chi connectivity index (χ3v) is 3.32.